The number of nitrogens with one attached hydrogen (secondary N) is 2. The number of carbonyl (C=O) groups is 2. The van der Waals surface area contributed by atoms with Crippen LogP contribution in [0.3, 0.4) is 0 Å². The molecule has 1 aliphatic carbocycles. The molecule has 2 heterocycles. The highest BCUT2D eigenvalue weighted by molar-refractivity contribution is 6.19. The fourth-order valence-corrected chi connectivity index (χ4v) is 2.24. The predicted molar refractivity (Wildman–Crippen MR) is 88.3 cm³/mol. The van der Waals surface area contributed by atoms with Crippen LogP contribution < -0.4 is 10.6 Å². The van der Waals surface area contributed by atoms with Crippen LogP contribution in [0, 0.1) is 0 Å². The molecule has 0 saturated heterocycles. The Morgan fingerprint density at radius 2 is 1.21 bits per heavy atom. The zero-order chi connectivity index (χ0) is 16.8. The lowest BCUT2D eigenvalue weighted by Crippen LogP contribution is -2.29. The molecule has 3 rings (SSSR count). The van der Waals surface area contributed by atoms with Crippen molar-refractivity contribution in [3.8, 4) is 0 Å². The van der Waals surface area contributed by atoms with E-state index < -0.39 is 0 Å². The number of nitrogens with zero attached hydrogens (tertiary/aromatic N) is 2. The zero-order valence-electron chi connectivity index (χ0n) is 12.9. The molecular formula is C18H16N4O2. The van der Waals surface area contributed by atoms with E-state index >= 15 is 0 Å². The molecule has 0 saturated carbocycles. The van der Waals surface area contributed by atoms with Crippen LogP contribution in [0.15, 0.2) is 72.6 Å². The van der Waals surface area contributed by atoms with Gasteiger partial charge in [-0.05, 0) is 23.3 Å². The van der Waals surface area contributed by atoms with E-state index in [1.54, 1.807) is 24.8 Å². The molecule has 0 aromatic carbocycles. The molecule has 2 aromatic rings. The number of pyridine rings is 2. The Hall–Kier alpha value is -3.28. The summed E-state index contributed by atoms with van der Waals surface area (Å²) in [4.78, 5) is 32.3. The first-order valence-corrected chi connectivity index (χ1v) is 7.50. The van der Waals surface area contributed by atoms with Crippen LogP contribution in [0.1, 0.15) is 11.1 Å². The number of hydrogen-bond donors (Lipinski definition) is 2. The summed E-state index contributed by atoms with van der Waals surface area (Å²) in [7, 11) is 0. The molecule has 0 unspecified atom stereocenters. The molecule has 1 aliphatic rings. The van der Waals surface area contributed by atoms with Gasteiger partial charge >= 0.3 is 0 Å². The number of hydrogen-bond acceptors (Lipinski definition) is 6. The third-order valence-corrected chi connectivity index (χ3v) is 3.49. The summed E-state index contributed by atoms with van der Waals surface area (Å²) < 4.78 is 0. The average Bonchev–Trinajstić information content (AvgIpc) is 2.62. The standard InChI is InChI=1S/C18H16N4O2/c23-17-8-16(22-12-14-4-2-6-20-10-14)18(24)7-15(17)21-11-13-3-1-5-19-9-13/h1-10,21-22H,11-12H2. The van der Waals surface area contributed by atoms with Crippen molar-refractivity contribution >= 4 is 11.6 Å². The Balaban J connectivity index is 1.59. The molecule has 0 radical (unpaired) electrons. The van der Waals surface area contributed by atoms with E-state index in [2.05, 4.69) is 20.6 Å². The number of allylic oxidation sites excluding steroid dienone is 2. The van der Waals surface area contributed by atoms with Crippen LogP contribution in [0.4, 0.5) is 0 Å². The number of carbonyl (C=O) groups excluding carboxylic acids is 2. The number of ketones is 2. The second kappa shape index (κ2) is 7.32. The van der Waals surface area contributed by atoms with Crippen molar-refractivity contribution in [1.82, 2.24) is 20.6 Å². The van der Waals surface area contributed by atoms with Gasteiger partial charge in [0.05, 0.1) is 11.4 Å². The molecule has 0 fully saturated rings. The summed E-state index contributed by atoms with van der Waals surface area (Å²) in [5.74, 6) is -0.459. The quantitative estimate of drug-likeness (QED) is 0.780. The van der Waals surface area contributed by atoms with Crippen molar-refractivity contribution in [1.29, 1.82) is 0 Å². The summed E-state index contributed by atoms with van der Waals surface area (Å²) in [6.45, 7) is 0.871. The summed E-state index contributed by atoms with van der Waals surface area (Å²) in [6.07, 6.45) is 9.43. The van der Waals surface area contributed by atoms with E-state index in [9.17, 15) is 9.59 Å². The molecule has 0 atom stereocenters. The molecular weight excluding hydrogens is 304 g/mol. The van der Waals surface area contributed by atoms with Crippen LogP contribution in [0.5, 0.6) is 0 Å². The topological polar surface area (TPSA) is 84.0 Å². The third-order valence-electron chi connectivity index (χ3n) is 3.49. The minimum atomic E-state index is -0.229. The molecule has 2 N–H and O–H groups in total. The van der Waals surface area contributed by atoms with Gasteiger partial charge in [0.1, 0.15) is 0 Å². The molecule has 0 aliphatic heterocycles. The van der Waals surface area contributed by atoms with Crippen molar-refractivity contribution in [2.24, 2.45) is 0 Å². The molecule has 6 heteroatoms. The van der Waals surface area contributed by atoms with Crippen molar-refractivity contribution in [2.45, 2.75) is 13.1 Å². The SMILES string of the molecule is O=C1C=C(NCc2cccnc2)C(=O)C=C1NCc1cccnc1. The van der Waals surface area contributed by atoms with Crippen LogP contribution in [-0.2, 0) is 22.7 Å². The van der Waals surface area contributed by atoms with Crippen molar-refractivity contribution in [3.05, 3.63) is 83.7 Å². The summed E-state index contributed by atoms with van der Waals surface area (Å²) >= 11 is 0. The average molecular weight is 320 g/mol. The first-order valence-electron chi connectivity index (χ1n) is 7.50. The van der Waals surface area contributed by atoms with Gasteiger partial charge in [-0.2, -0.15) is 0 Å². The van der Waals surface area contributed by atoms with E-state index in [1.165, 1.54) is 12.2 Å². The van der Waals surface area contributed by atoms with E-state index in [4.69, 9.17) is 0 Å². The van der Waals surface area contributed by atoms with Gasteiger partial charge in [-0.1, -0.05) is 12.1 Å². The Morgan fingerprint density at radius 3 is 1.58 bits per heavy atom. The van der Waals surface area contributed by atoms with Gasteiger partial charge < -0.3 is 10.6 Å². The lowest BCUT2D eigenvalue weighted by molar-refractivity contribution is -0.115. The Bertz CT molecular complexity index is 729. The molecule has 0 bridgehead atoms. The highest BCUT2D eigenvalue weighted by atomic mass is 16.1. The summed E-state index contributed by atoms with van der Waals surface area (Å²) in [5.41, 5.74) is 2.44. The van der Waals surface area contributed by atoms with Crippen LogP contribution in [0.2, 0.25) is 0 Å². The minimum absolute atomic E-state index is 0.229. The zero-order valence-corrected chi connectivity index (χ0v) is 12.9. The number of aromatic nitrogens is 2. The van der Waals surface area contributed by atoms with Crippen LogP contribution in [0.25, 0.3) is 0 Å². The van der Waals surface area contributed by atoms with E-state index in [1.807, 2.05) is 24.3 Å². The summed E-state index contributed by atoms with van der Waals surface area (Å²) in [5, 5.41) is 5.96. The molecule has 24 heavy (non-hydrogen) atoms. The van der Waals surface area contributed by atoms with Crippen molar-refractivity contribution < 1.29 is 9.59 Å². The van der Waals surface area contributed by atoms with Crippen LogP contribution in [-0.4, -0.2) is 21.5 Å². The van der Waals surface area contributed by atoms with Crippen molar-refractivity contribution in [2.75, 3.05) is 0 Å². The molecule has 0 amide bonds. The normalized spacial score (nSPS) is 14.0. The van der Waals surface area contributed by atoms with Gasteiger partial charge in [-0.3, -0.25) is 19.6 Å². The smallest absolute Gasteiger partial charge is 0.203 e. The lowest BCUT2D eigenvalue weighted by atomic mass is 10.1. The molecule has 6 nitrogen and oxygen atoms in total. The monoisotopic (exact) mass is 320 g/mol. The largest absolute Gasteiger partial charge is 0.378 e. The Kier molecular flexibility index (Phi) is 4.76. The highest BCUT2D eigenvalue weighted by Gasteiger charge is 2.19. The summed E-state index contributed by atoms with van der Waals surface area (Å²) in [6, 6.07) is 7.43. The first kappa shape index (κ1) is 15.6. The van der Waals surface area contributed by atoms with E-state index in [0.717, 1.165) is 11.1 Å². The second-order valence-corrected chi connectivity index (χ2v) is 5.27. The second-order valence-electron chi connectivity index (χ2n) is 5.27. The van der Waals surface area contributed by atoms with Crippen LogP contribution >= 0.6 is 0 Å². The van der Waals surface area contributed by atoms with Gasteiger partial charge in [0.15, 0.2) is 0 Å². The van der Waals surface area contributed by atoms with Gasteiger partial charge in [0, 0.05) is 50.0 Å². The maximum Gasteiger partial charge on any atom is 0.203 e. The van der Waals surface area contributed by atoms with E-state index in [0.29, 0.717) is 13.1 Å². The fourth-order valence-electron chi connectivity index (χ4n) is 2.24. The maximum absolute atomic E-state index is 12.2. The maximum atomic E-state index is 12.2. The predicted octanol–water partition coefficient (Wildman–Crippen LogP) is 1.28. The highest BCUT2D eigenvalue weighted by Crippen LogP contribution is 2.10. The lowest BCUT2D eigenvalue weighted by Gasteiger charge is -2.15. The van der Waals surface area contributed by atoms with Gasteiger partial charge in [-0.15, -0.1) is 0 Å². The Labute approximate surface area is 139 Å². The van der Waals surface area contributed by atoms with Crippen molar-refractivity contribution in [3.63, 3.8) is 0 Å². The van der Waals surface area contributed by atoms with Gasteiger partial charge in [0.2, 0.25) is 11.6 Å². The fraction of sp³-hybridized carbons (Fsp3) is 0.111. The van der Waals surface area contributed by atoms with Gasteiger partial charge in [0.25, 0.3) is 0 Å². The molecule has 120 valence electrons. The first-order chi connectivity index (χ1) is 11.7. The third kappa shape index (κ3) is 3.92. The molecule has 2 aromatic heterocycles. The number of rotatable bonds is 6. The minimum Gasteiger partial charge on any atom is -0.378 e. The van der Waals surface area contributed by atoms with E-state index in [-0.39, 0.29) is 23.0 Å². The molecule has 0 spiro atoms. The Morgan fingerprint density at radius 1 is 0.750 bits per heavy atom. The van der Waals surface area contributed by atoms with Gasteiger partial charge in [-0.25, -0.2) is 0 Å².